The summed E-state index contributed by atoms with van der Waals surface area (Å²) in [6.45, 7) is 2.33. The van der Waals surface area contributed by atoms with E-state index in [2.05, 4.69) is 0 Å². The number of halogens is 1. The van der Waals surface area contributed by atoms with Gasteiger partial charge in [-0.1, -0.05) is 23.7 Å². The van der Waals surface area contributed by atoms with Crippen LogP contribution in [0, 0.1) is 6.92 Å². The zero-order valence-electron chi connectivity index (χ0n) is 11.6. The van der Waals surface area contributed by atoms with Gasteiger partial charge in [0.2, 0.25) is 0 Å². The van der Waals surface area contributed by atoms with E-state index in [1.54, 1.807) is 35.2 Å². The van der Waals surface area contributed by atoms with Crippen molar-refractivity contribution in [1.82, 2.24) is 0 Å². The summed E-state index contributed by atoms with van der Waals surface area (Å²) >= 11 is 5.86. The molecule has 1 heterocycles. The number of aryl methyl sites for hydroxylation is 1. The zero-order valence-corrected chi connectivity index (χ0v) is 12.4. The average molecular weight is 300 g/mol. The number of Topliss-reactive ketones (excluding diaryl/α,β-unsaturated/α-hetero) is 1. The molecule has 2 aromatic carbocycles. The van der Waals surface area contributed by atoms with Gasteiger partial charge in [0.25, 0.3) is 5.91 Å². The molecular weight excluding hydrogens is 286 g/mol. The van der Waals surface area contributed by atoms with Crippen molar-refractivity contribution in [3.8, 4) is 0 Å². The van der Waals surface area contributed by atoms with Crippen LogP contribution in [0.2, 0.25) is 5.02 Å². The van der Waals surface area contributed by atoms with Gasteiger partial charge in [-0.05, 0) is 42.8 Å². The normalized spacial score (nSPS) is 14.0. The van der Waals surface area contributed by atoms with Crippen molar-refractivity contribution >= 4 is 29.0 Å². The van der Waals surface area contributed by atoms with Crippen LogP contribution >= 0.6 is 11.6 Å². The molecule has 3 rings (SSSR count). The number of ketones is 1. The predicted molar refractivity (Wildman–Crippen MR) is 83.3 cm³/mol. The Kier molecular flexibility index (Phi) is 3.52. The maximum Gasteiger partial charge on any atom is 0.258 e. The molecule has 0 bridgehead atoms. The first kappa shape index (κ1) is 13.8. The topological polar surface area (TPSA) is 37.4 Å². The molecular formula is C17H14ClNO2. The van der Waals surface area contributed by atoms with Crippen LogP contribution in [0.25, 0.3) is 0 Å². The van der Waals surface area contributed by atoms with Crippen LogP contribution < -0.4 is 4.90 Å². The second kappa shape index (κ2) is 5.34. The van der Waals surface area contributed by atoms with E-state index in [4.69, 9.17) is 11.6 Å². The van der Waals surface area contributed by atoms with E-state index in [1.807, 2.05) is 19.1 Å². The van der Waals surface area contributed by atoms with Gasteiger partial charge in [0.1, 0.15) is 0 Å². The highest BCUT2D eigenvalue weighted by Crippen LogP contribution is 2.31. The van der Waals surface area contributed by atoms with Gasteiger partial charge >= 0.3 is 0 Å². The van der Waals surface area contributed by atoms with Crippen LogP contribution in [0.15, 0.2) is 42.5 Å². The van der Waals surface area contributed by atoms with Crippen LogP contribution in [-0.4, -0.2) is 18.2 Å². The number of hydrogen-bond acceptors (Lipinski definition) is 2. The predicted octanol–water partition coefficient (Wildman–Crippen LogP) is 3.88. The molecule has 0 saturated carbocycles. The minimum Gasteiger partial charge on any atom is -0.307 e. The fourth-order valence-electron chi connectivity index (χ4n) is 2.65. The number of amides is 1. The van der Waals surface area contributed by atoms with Crippen molar-refractivity contribution in [2.24, 2.45) is 0 Å². The first-order valence-corrected chi connectivity index (χ1v) is 7.16. The monoisotopic (exact) mass is 299 g/mol. The lowest BCUT2D eigenvalue weighted by Crippen LogP contribution is -2.38. The Morgan fingerprint density at radius 3 is 2.57 bits per heavy atom. The third kappa shape index (κ3) is 2.45. The molecule has 21 heavy (non-hydrogen) atoms. The molecule has 0 aliphatic carbocycles. The Morgan fingerprint density at radius 2 is 1.86 bits per heavy atom. The highest BCUT2D eigenvalue weighted by molar-refractivity contribution is 6.30. The van der Waals surface area contributed by atoms with Gasteiger partial charge in [-0.15, -0.1) is 0 Å². The van der Waals surface area contributed by atoms with Gasteiger partial charge in [-0.2, -0.15) is 0 Å². The SMILES string of the molecule is Cc1cccc2c1N(C(=O)c1ccc(Cl)cc1)CCC2=O. The summed E-state index contributed by atoms with van der Waals surface area (Å²) in [4.78, 5) is 26.4. The van der Waals surface area contributed by atoms with E-state index in [0.29, 0.717) is 29.1 Å². The van der Waals surface area contributed by atoms with Crippen molar-refractivity contribution in [2.75, 3.05) is 11.4 Å². The smallest absolute Gasteiger partial charge is 0.258 e. The van der Waals surface area contributed by atoms with E-state index < -0.39 is 0 Å². The Morgan fingerprint density at radius 1 is 1.14 bits per heavy atom. The summed E-state index contributed by atoms with van der Waals surface area (Å²) in [7, 11) is 0. The van der Waals surface area contributed by atoms with Gasteiger partial charge in [0.15, 0.2) is 5.78 Å². The van der Waals surface area contributed by atoms with E-state index in [-0.39, 0.29) is 11.7 Å². The highest BCUT2D eigenvalue weighted by Gasteiger charge is 2.29. The van der Waals surface area contributed by atoms with Crippen LogP contribution in [0.4, 0.5) is 5.69 Å². The lowest BCUT2D eigenvalue weighted by Gasteiger charge is -2.30. The molecule has 1 aliphatic rings. The van der Waals surface area contributed by atoms with Crippen LogP contribution in [0.3, 0.4) is 0 Å². The van der Waals surface area contributed by atoms with Crippen LogP contribution in [-0.2, 0) is 0 Å². The zero-order chi connectivity index (χ0) is 15.0. The Hall–Kier alpha value is -2.13. The number of carbonyl (C=O) groups is 2. The molecule has 2 aromatic rings. The number of fused-ring (bicyclic) bond motifs is 1. The van der Waals surface area contributed by atoms with E-state index in [9.17, 15) is 9.59 Å². The average Bonchev–Trinajstić information content (AvgIpc) is 2.49. The third-order valence-electron chi connectivity index (χ3n) is 3.71. The van der Waals surface area contributed by atoms with Crippen molar-refractivity contribution in [3.63, 3.8) is 0 Å². The minimum atomic E-state index is -0.102. The maximum absolute atomic E-state index is 12.7. The number of benzene rings is 2. The maximum atomic E-state index is 12.7. The van der Waals surface area contributed by atoms with E-state index in [1.165, 1.54) is 0 Å². The Labute approximate surface area is 128 Å². The van der Waals surface area contributed by atoms with E-state index >= 15 is 0 Å². The second-order valence-electron chi connectivity index (χ2n) is 5.11. The number of rotatable bonds is 1. The molecule has 0 saturated heterocycles. The quantitative estimate of drug-likeness (QED) is 0.801. The largest absolute Gasteiger partial charge is 0.307 e. The molecule has 106 valence electrons. The lowest BCUT2D eigenvalue weighted by molar-refractivity contribution is 0.0955. The van der Waals surface area contributed by atoms with Gasteiger partial charge in [-0.3, -0.25) is 9.59 Å². The standard InChI is InChI=1S/C17H14ClNO2/c1-11-3-2-4-14-15(20)9-10-19(16(11)14)17(21)12-5-7-13(18)8-6-12/h2-8H,9-10H2,1H3. The van der Waals surface area contributed by atoms with Gasteiger partial charge < -0.3 is 4.90 Å². The van der Waals surface area contributed by atoms with Crippen molar-refractivity contribution in [2.45, 2.75) is 13.3 Å². The van der Waals surface area contributed by atoms with Crippen molar-refractivity contribution in [3.05, 3.63) is 64.2 Å². The second-order valence-corrected chi connectivity index (χ2v) is 5.54. The van der Waals surface area contributed by atoms with Gasteiger partial charge in [0.05, 0.1) is 5.69 Å². The molecule has 1 aliphatic heterocycles. The molecule has 4 heteroatoms. The third-order valence-corrected chi connectivity index (χ3v) is 3.96. The first-order chi connectivity index (χ1) is 10.1. The van der Waals surface area contributed by atoms with Crippen molar-refractivity contribution < 1.29 is 9.59 Å². The fraction of sp³-hybridized carbons (Fsp3) is 0.176. The number of anilines is 1. The first-order valence-electron chi connectivity index (χ1n) is 6.78. The molecule has 0 radical (unpaired) electrons. The lowest BCUT2D eigenvalue weighted by atomic mass is 9.96. The number of para-hydroxylation sites is 1. The molecule has 0 N–H and O–H groups in total. The summed E-state index contributed by atoms with van der Waals surface area (Å²) in [6, 6.07) is 12.4. The molecule has 0 fully saturated rings. The van der Waals surface area contributed by atoms with Crippen LogP contribution in [0.1, 0.15) is 32.7 Å². The number of carbonyl (C=O) groups excluding carboxylic acids is 2. The summed E-state index contributed by atoms with van der Waals surface area (Å²) < 4.78 is 0. The molecule has 0 atom stereocenters. The molecule has 0 aromatic heterocycles. The molecule has 3 nitrogen and oxygen atoms in total. The van der Waals surface area contributed by atoms with Gasteiger partial charge in [-0.25, -0.2) is 0 Å². The summed E-state index contributed by atoms with van der Waals surface area (Å²) in [5.41, 5.74) is 2.86. The summed E-state index contributed by atoms with van der Waals surface area (Å²) in [5.74, 6) is -0.0106. The number of hydrogen-bond donors (Lipinski definition) is 0. The Bertz CT molecular complexity index is 722. The Balaban J connectivity index is 2.05. The highest BCUT2D eigenvalue weighted by atomic mass is 35.5. The van der Waals surface area contributed by atoms with Gasteiger partial charge in [0, 0.05) is 29.1 Å². The number of nitrogens with zero attached hydrogens (tertiary/aromatic N) is 1. The molecule has 0 spiro atoms. The minimum absolute atomic E-state index is 0.0915. The molecule has 1 amide bonds. The van der Waals surface area contributed by atoms with Crippen molar-refractivity contribution in [1.29, 1.82) is 0 Å². The fourth-order valence-corrected chi connectivity index (χ4v) is 2.78. The van der Waals surface area contributed by atoms with E-state index in [0.717, 1.165) is 11.3 Å². The summed E-state index contributed by atoms with van der Waals surface area (Å²) in [5, 5.41) is 0.594. The van der Waals surface area contributed by atoms with Crippen LogP contribution in [0.5, 0.6) is 0 Å². The summed E-state index contributed by atoms with van der Waals surface area (Å²) in [6.07, 6.45) is 0.357. The molecule has 0 unspecified atom stereocenters.